The summed E-state index contributed by atoms with van der Waals surface area (Å²) < 4.78 is 5.08. The topological polar surface area (TPSA) is 26.3 Å². The van der Waals surface area contributed by atoms with E-state index in [1.165, 1.54) is 0 Å². The van der Waals surface area contributed by atoms with Gasteiger partial charge in [-0.25, -0.2) is 0 Å². The molecular weight excluding hydrogens is 231 g/mol. The second kappa shape index (κ2) is 2.10. The van der Waals surface area contributed by atoms with Crippen LogP contribution in [-0.2, 0) is 7.87 Å². The molecule has 0 atom stereocenters. The maximum atomic E-state index is 10.5. The average molecular weight is 239 g/mol. The number of rotatable bonds is 0. The van der Waals surface area contributed by atoms with Gasteiger partial charge in [0, 0.05) is 0 Å². The Hall–Kier alpha value is 0.619. The minimum absolute atomic E-state index is 0.00389. The predicted octanol–water partition coefficient (Wildman–Crippen LogP) is 0.978. The van der Waals surface area contributed by atoms with Crippen molar-refractivity contribution >= 4 is 32.3 Å². The van der Waals surface area contributed by atoms with E-state index in [0.717, 1.165) is 0 Å². The van der Waals surface area contributed by atoms with Crippen LogP contribution in [0.5, 0.6) is 0 Å². The summed E-state index contributed by atoms with van der Waals surface area (Å²) in [7, 11) is 1.75. The number of hydrogen-bond donors (Lipinski definition) is 0. The Kier molecular flexibility index (Phi) is 1.76. The van der Waals surface area contributed by atoms with Crippen molar-refractivity contribution in [3.05, 3.63) is 0 Å². The van der Waals surface area contributed by atoms with Crippen LogP contribution in [-0.4, -0.2) is 29.1 Å². The van der Waals surface area contributed by atoms with Crippen LogP contribution in [0.1, 0.15) is 0 Å². The summed E-state index contributed by atoms with van der Waals surface area (Å²) in [5, 5.41) is 0. The van der Waals surface area contributed by atoms with Gasteiger partial charge in [0.2, 0.25) is 0 Å². The summed E-state index contributed by atoms with van der Waals surface area (Å²) in [6.07, 6.45) is 0. The van der Waals surface area contributed by atoms with E-state index in [9.17, 15) is 4.79 Å². The van der Waals surface area contributed by atoms with Gasteiger partial charge in [-0.1, -0.05) is 0 Å². The molecule has 1 fully saturated rings. The molecule has 8 heavy (non-hydrogen) atoms. The Morgan fingerprint density at radius 1 is 1.75 bits per heavy atom. The van der Waals surface area contributed by atoms with E-state index < -0.39 is 17.4 Å². The molecule has 0 aromatic heterocycles. The molecule has 1 saturated heterocycles. The zero-order chi connectivity index (χ0) is 6.20. The van der Waals surface area contributed by atoms with Gasteiger partial charge < -0.3 is 0 Å². The van der Waals surface area contributed by atoms with E-state index in [1.807, 2.05) is 0 Å². The van der Waals surface area contributed by atoms with Crippen molar-refractivity contribution in [2.24, 2.45) is 0 Å². The van der Waals surface area contributed by atoms with Gasteiger partial charge in [0.15, 0.2) is 0 Å². The van der Waals surface area contributed by atoms with Crippen molar-refractivity contribution < 1.29 is 7.87 Å². The van der Waals surface area contributed by atoms with Crippen molar-refractivity contribution in [1.82, 2.24) is 0 Å². The van der Waals surface area contributed by atoms with Crippen molar-refractivity contribution in [2.45, 2.75) is 9.88 Å². The molecule has 0 amide bonds. The Morgan fingerprint density at radius 2 is 2.38 bits per heavy atom. The number of hydrogen-bond acceptors (Lipinski definition) is 3. The van der Waals surface area contributed by atoms with Crippen LogP contribution in [0.2, 0.25) is 9.88 Å². The molecule has 0 N–H and O–H groups in total. The maximum absolute atomic E-state index is 10.5. The standard InChI is InChI=1S/C2H4O2S.2CH3.Sn/c3-2(4)1-5;;;/h5H,1H2,(H,3,4);2*1H3;/q;;;+2/p-2. The van der Waals surface area contributed by atoms with Crippen molar-refractivity contribution in [3.8, 4) is 0 Å². The molecule has 0 aromatic carbocycles. The molecule has 1 rings (SSSR count). The predicted molar refractivity (Wildman–Crippen MR) is 36.0 cm³/mol. The third-order valence-electron chi connectivity index (χ3n) is 0.897. The van der Waals surface area contributed by atoms with Gasteiger partial charge in [0.1, 0.15) is 0 Å². The first-order chi connectivity index (χ1) is 3.60. The van der Waals surface area contributed by atoms with Crippen LogP contribution in [0, 0.1) is 0 Å². The van der Waals surface area contributed by atoms with Crippen LogP contribution >= 0.6 is 8.95 Å². The van der Waals surface area contributed by atoms with Crippen molar-refractivity contribution in [2.75, 3.05) is 5.75 Å². The summed E-state index contributed by atoms with van der Waals surface area (Å²) in [4.78, 5) is 14.7. The molecule has 0 saturated carbocycles. The molecule has 0 aromatic rings. The first-order valence-corrected chi connectivity index (χ1v) is 13.8. The molecule has 1 heterocycles. The van der Waals surface area contributed by atoms with Gasteiger partial charge in [-0.15, -0.1) is 0 Å². The summed E-state index contributed by atoms with van der Waals surface area (Å²) in [6.45, 7) is 0. The molecule has 1 aliphatic heterocycles. The molecule has 0 bridgehead atoms. The van der Waals surface area contributed by atoms with Crippen molar-refractivity contribution in [3.63, 3.8) is 0 Å². The van der Waals surface area contributed by atoms with E-state index in [0.29, 0.717) is 5.75 Å². The second-order valence-electron chi connectivity index (χ2n) is 2.16. The fourth-order valence-corrected chi connectivity index (χ4v) is 8.33. The third kappa shape index (κ3) is 1.55. The van der Waals surface area contributed by atoms with Crippen LogP contribution in [0.3, 0.4) is 0 Å². The summed E-state index contributed by atoms with van der Waals surface area (Å²) in [5.74, 6) is 0.596. The Bertz CT molecular complexity index is 123. The quantitative estimate of drug-likeness (QED) is 0.589. The first-order valence-electron chi connectivity index (χ1n) is 2.46. The van der Waals surface area contributed by atoms with Gasteiger partial charge in [-0.3, -0.25) is 0 Å². The van der Waals surface area contributed by atoms with E-state index in [4.69, 9.17) is 3.07 Å². The normalized spacial score (nSPS) is 25.5. The summed E-state index contributed by atoms with van der Waals surface area (Å²) in [6, 6.07) is 0. The van der Waals surface area contributed by atoms with Crippen LogP contribution < -0.4 is 0 Å². The SMILES string of the molecule is [CH3][Sn]1([CH3])[O]C(=O)C[S]1. The van der Waals surface area contributed by atoms with E-state index in [2.05, 4.69) is 9.88 Å². The second-order valence-corrected chi connectivity index (χ2v) is 20.4. The molecule has 46 valence electrons. The molecule has 0 aliphatic carbocycles. The molecule has 0 unspecified atom stereocenters. The molecule has 2 nitrogen and oxygen atoms in total. The van der Waals surface area contributed by atoms with Gasteiger partial charge in [-0.05, 0) is 0 Å². The van der Waals surface area contributed by atoms with Crippen LogP contribution in [0.25, 0.3) is 0 Å². The fourth-order valence-electron chi connectivity index (χ4n) is 0.566. The number of carbonyl (C=O) groups is 1. The van der Waals surface area contributed by atoms with Crippen LogP contribution in [0.15, 0.2) is 0 Å². The number of carbonyl (C=O) groups excluding carboxylic acids is 1. The Morgan fingerprint density at radius 3 is 2.50 bits per heavy atom. The van der Waals surface area contributed by atoms with Gasteiger partial charge >= 0.3 is 55.8 Å². The van der Waals surface area contributed by atoms with Crippen LogP contribution in [0.4, 0.5) is 0 Å². The van der Waals surface area contributed by atoms with E-state index in [-0.39, 0.29) is 5.97 Å². The molecular formula is C4H8O2SSn. The monoisotopic (exact) mass is 240 g/mol. The fraction of sp³-hybridized carbons (Fsp3) is 0.750. The molecule has 1 aliphatic rings. The van der Waals surface area contributed by atoms with Crippen molar-refractivity contribution in [1.29, 1.82) is 0 Å². The summed E-state index contributed by atoms with van der Waals surface area (Å²) >= 11 is -2.19. The van der Waals surface area contributed by atoms with Gasteiger partial charge in [0.05, 0.1) is 0 Å². The minimum atomic E-state index is -2.19. The van der Waals surface area contributed by atoms with E-state index >= 15 is 0 Å². The molecule has 0 spiro atoms. The van der Waals surface area contributed by atoms with E-state index in [1.54, 1.807) is 8.95 Å². The summed E-state index contributed by atoms with van der Waals surface area (Å²) in [5.41, 5.74) is 0. The molecule has 4 heteroatoms. The third-order valence-corrected chi connectivity index (χ3v) is 11.8. The zero-order valence-electron chi connectivity index (χ0n) is 4.93. The average Bonchev–Trinajstić information content (AvgIpc) is 1.82. The molecule has 0 radical (unpaired) electrons. The Balaban J connectivity index is 2.56. The van der Waals surface area contributed by atoms with Gasteiger partial charge in [-0.2, -0.15) is 0 Å². The van der Waals surface area contributed by atoms with Gasteiger partial charge in [0.25, 0.3) is 0 Å². The first kappa shape index (κ1) is 6.73. The Labute approximate surface area is 55.8 Å². The zero-order valence-corrected chi connectivity index (χ0v) is 8.60.